The van der Waals surface area contributed by atoms with Gasteiger partial charge >= 0.3 is 7.12 Å². The fourth-order valence-electron chi connectivity index (χ4n) is 1.80. The SMILES string of the molecule is OB(O)c1cc(F)ccc1OC1CCOCC1. The maximum absolute atomic E-state index is 13.0. The molecule has 0 aliphatic carbocycles. The molecule has 1 fully saturated rings. The van der Waals surface area contributed by atoms with Crippen molar-refractivity contribution in [2.24, 2.45) is 0 Å². The van der Waals surface area contributed by atoms with Crippen LogP contribution >= 0.6 is 0 Å². The van der Waals surface area contributed by atoms with E-state index in [0.29, 0.717) is 19.0 Å². The lowest BCUT2D eigenvalue weighted by atomic mass is 9.79. The Labute approximate surface area is 99.1 Å². The van der Waals surface area contributed by atoms with E-state index in [4.69, 9.17) is 19.5 Å². The zero-order valence-electron chi connectivity index (χ0n) is 9.30. The predicted molar refractivity (Wildman–Crippen MR) is 60.7 cm³/mol. The third-order valence-corrected chi connectivity index (χ3v) is 2.71. The lowest BCUT2D eigenvalue weighted by molar-refractivity contribution is 0.0259. The topological polar surface area (TPSA) is 58.9 Å². The Balaban J connectivity index is 2.13. The van der Waals surface area contributed by atoms with Crippen molar-refractivity contribution in [2.75, 3.05) is 13.2 Å². The molecule has 1 aliphatic rings. The molecule has 1 aliphatic heterocycles. The van der Waals surface area contributed by atoms with Crippen LogP contribution < -0.4 is 10.2 Å². The number of hydrogen-bond donors (Lipinski definition) is 2. The third kappa shape index (κ3) is 3.18. The van der Waals surface area contributed by atoms with Gasteiger partial charge < -0.3 is 19.5 Å². The molecule has 92 valence electrons. The summed E-state index contributed by atoms with van der Waals surface area (Å²) < 4.78 is 23.8. The Morgan fingerprint density at radius 1 is 1.29 bits per heavy atom. The standard InChI is InChI=1S/C11H14BFO4/c13-8-1-2-11(10(7-8)12(14)15)17-9-3-5-16-6-4-9/h1-2,7,9,14-15H,3-6H2. The quantitative estimate of drug-likeness (QED) is 0.733. The predicted octanol–water partition coefficient (Wildman–Crippen LogP) is 0.0633. The first-order valence-electron chi connectivity index (χ1n) is 5.57. The molecule has 0 radical (unpaired) electrons. The van der Waals surface area contributed by atoms with Crippen molar-refractivity contribution < 1.29 is 23.9 Å². The second-order valence-electron chi connectivity index (χ2n) is 3.99. The lowest BCUT2D eigenvalue weighted by Crippen LogP contribution is -2.34. The van der Waals surface area contributed by atoms with Crippen LogP contribution in [0.15, 0.2) is 18.2 Å². The largest absolute Gasteiger partial charge is 0.492 e. The average molecular weight is 240 g/mol. The van der Waals surface area contributed by atoms with E-state index in [-0.39, 0.29) is 11.6 Å². The van der Waals surface area contributed by atoms with Crippen molar-refractivity contribution in [2.45, 2.75) is 18.9 Å². The van der Waals surface area contributed by atoms with Gasteiger partial charge in [0.15, 0.2) is 0 Å². The first kappa shape index (κ1) is 12.4. The highest BCUT2D eigenvalue weighted by Gasteiger charge is 2.22. The van der Waals surface area contributed by atoms with Crippen molar-refractivity contribution in [1.29, 1.82) is 0 Å². The Kier molecular flexibility index (Phi) is 3.99. The van der Waals surface area contributed by atoms with E-state index in [1.165, 1.54) is 12.1 Å². The minimum atomic E-state index is -1.74. The Morgan fingerprint density at radius 3 is 2.65 bits per heavy atom. The van der Waals surface area contributed by atoms with Gasteiger partial charge in [0.1, 0.15) is 17.7 Å². The van der Waals surface area contributed by atoms with E-state index in [1.54, 1.807) is 0 Å². The monoisotopic (exact) mass is 240 g/mol. The lowest BCUT2D eigenvalue weighted by Gasteiger charge is -2.24. The van der Waals surface area contributed by atoms with Gasteiger partial charge in [0, 0.05) is 18.3 Å². The van der Waals surface area contributed by atoms with Crippen LogP contribution in [0.2, 0.25) is 0 Å². The molecule has 0 unspecified atom stereocenters. The molecule has 1 saturated heterocycles. The molecule has 1 heterocycles. The van der Waals surface area contributed by atoms with Crippen LogP contribution in [-0.2, 0) is 4.74 Å². The molecule has 4 nitrogen and oxygen atoms in total. The van der Waals surface area contributed by atoms with Gasteiger partial charge in [-0.1, -0.05) is 0 Å². The van der Waals surface area contributed by atoms with Crippen molar-refractivity contribution in [3.8, 4) is 5.75 Å². The molecule has 0 saturated carbocycles. The maximum Gasteiger partial charge on any atom is 0.492 e. The van der Waals surface area contributed by atoms with Crippen LogP contribution in [0, 0.1) is 5.82 Å². The Morgan fingerprint density at radius 2 is 2.00 bits per heavy atom. The van der Waals surface area contributed by atoms with Gasteiger partial charge in [-0.15, -0.1) is 0 Å². The molecule has 2 rings (SSSR count). The normalized spacial score (nSPS) is 16.9. The number of halogens is 1. The Bertz CT molecular complexity index is 380. The van der Waals surface area contributed by atoms with Gasteiger partial charge in [-0.05, 0) is 18.2 Å². The summed E-state index contributed by atoms with van der Waals surface area (Å²) >= 11 is 0. The van der Waals surface area contributed by atoms with E-state index < -0.39 is 12.9 Å². The molecule has 1 aromatic rings. The molecule has 1 aromatic carbocycles. The minimum Gasteiger partial charge on any atom is -0.491 e. The number of ether oxygens (including phenoxy) is 2. The summed E-state index contributed by atoms with van der Waals surface area (Å²) in [7, 11) is -1.74. The van der Waals surface area contributed by atoms with Crippen LogP contribution in [0.25, 0.3) is 0 Å². The van der Waals surface area contributed by atoms with Gasteiger partial charge in [0.05, 0.1) is 13.2 Å². The summed E-state index contributed by atoms with van der Waals surface area (Å²) in [6.45, 7) is 1.26. The highest BCUT2D eigenvalue weighted by molar-refractivity contribution is 6.59. The number of hydrogen-bond acceptors (Lipinski definition) is 4. The first-order chi connectivity index (χ1) is 8.16. The van der Waals surface area contributed by atoms with Crippen molar-refractivity contribution in [3.05, 3.63) is 24.0 Å². The summed E-state index contributed by atoms with van der Waals surface area (Å²) in [5.41, 5.74) is 0.0523. The second-order valence-corrected chi connectivity index (χ2v) is 3.99. The Hall–Kier alpha value is -1.11. The van der Waals surface area contributed by atoms with Crippen LogP contribution in [0.4, 0.5) is 4.39 Å². The van der Waals surface area contributed by atoms with E-state index in [1.807, 2.05) is 0 Å². The van der Waals surface area contributed by atoms with Crippen LogP contribution in [0.5, 0.6) is 5.75 Å². The van der Waals surface area contributed by atoms with Crippen molar-refractivity contribution in [1.82, 2.24) is 0 Å². The molecule has 0 bridgehead atoms. The van der Waals surface area contributed by atoms with Crippen LogP contribution in [0.3, 0.4) is 0 Å². The van der Waals surface area contributed by atoms with Crippen molar-refractivity contribution >= 4 is 12.6 Å². The molecular formula is C11H14BFO4. The summed E-state index contributed by atoms with van der Waals surface area (Å²) in [6, 6.07) is 3.72. The van der Waals surface area contributed by atoms with E-state index >= 15 is 0 Å². The summed E-state index contributed by atoms with van der Waals surface area (Å²) in [4.78, 5) is 0. The molecule has 0 amide bonds. The maximum atomic E-state index is 13.0. The molecule has 0 spiro atoms. The molecule has 17 heavy (non-hydrogen) atoms. The summed E-state index contributed by atoms with van der Waals surface area (Å²) in [5, 5.41) is 18.3. The molecule has 6 heteroatoms. The highest BCUT2D eigenvalue weighted by atomic mass is 19.1. The number of rotatable bonds is 3. The van der Waals surface area contributed by atoms with Gasteiger partial charge in [-0.25, -0.2) is 4.39 Å². The molecule has 2 N–H and O–H groups in total. The third-order valence-electron chi connectivity index (χ3n) is 2.71. The second kappa shape index (κ2) is 5.49. The summed E-state index contributed by atoms with van der Waals surface area (Å²) in [5.74, 6) is -0.208. The van der Waals surface area contributed by atoms with Gasteiger partial charge in [0.25, 0.3) is 0 Å². The summed E-state index contributed by atoms with van der Waals surface area (Å²) in [6.07, 6.45) is 1.48. The zero-order chi connectivity index (χ0) is 12.3. The van der Waals surface area contributed by atoms with Crippen LogP contribution in [0.1, 0.15) is 12.8 Å². The molecular weight excluding hydrogens is 226 g/mol. The van der Waals surface area contributed by atoms with Gasteiger partial charge in [0.2, 0.25) is 0 Å². The van der Waals surface area contributed by atoms with E-state index in [0.717, 1.165) is 18.9 Å². The van der Waals surface area contributed by atoms with Crippen LogP contribution in [-0.4, -0.2) is 36.5 Å². The number of benzene rings is 1. The van der Waals surface area contributed by atoms with Gasteiger partial charge in [-0.2, -0.15) is 0 Å². The van der Waals surface area contributed by atoms with Crippen molar-refractivity contribution in [3.63, 3.8) is 0 Å². The zero-order valence-corrected chi connectivity index (χ0v) is 9.30. The van der Waals surface area contributed by atoms with E-state index in [2.05, 4.69) is 0 Å². The van der Waals surface area contributed by atoms with Gasteiger partial charge in [-0.3, -0.25) is 0 Å². The first-order valence-corrected chi connectivity index (χ1v) is 5.57. The molecule has 0 aromatic heterocycles. The average Bonchev–Trinajstić information content (AvgIpc) is 2.32. The molecule has 0 atom stereocenters. The minimum absolute atomic E-state index is 0.0216. The smallest absolute Gasteiger partial charge is 0.491 e. The van der Waals surface area contributed by atoms with E-state index in [9.17, 15) is 4.39 Å². The highest BCUT2D eigenvalue weighted by Crippen LogP contribution is 2.17. The fraction of sp³-hybridized carbons (Fsp3) is 0.455. The fourth-order valence-corrected chi connectivity index (χ4v) is 1.80.